The number of nitro groups is 1. The SMILES string of the molecule is O=C(NCC=Cc1cccc([N+](=O)[O-])c1O)OCC1c2ccccc2-c2ccccc21. The van der Waals surface area contributed by atoms with Crippen LogP contribution in [0.3, 0.4) is 0 Å². The molecule has 156 valence electrons. The molecular weight excluding hydrogens is 396 g/mol. The van der Waals surface area contributed by atoms with Gasteiger partial charge in [0.2, 0.25) is 5.75 Å². The Morgan fingerprint density at radius 3 is 2.32 bits per heavy atom. The highest BCUT2D eigenvalue weighted by Crippen LogP contribution is 2.44. The van der Waals surface area contributed by atoms with E-state index >= 15 is 0 Å². The van der Waals surface area contributed by atoms with Crippen molar-refractivity contribution in [2.24, 2.45) is 0 Å². The van der Waals surface area contributed by atoms with Gasteiger partial charge in [0.15, 0.2) is 0 Å². The number of phenolic OH excluding ortho intramolecular Hbond substituents is 1. The van der Waals surface area contributed by atoms with Crippen LogP contribution < -0.4 is 5.32 Å². The lowest BCUT2D eigenvalue weighted by molar-refractivity contribution is -0.385. The number of amides is 1. The van der Waals surface area contributed by atoms with Gasteiger partial charge in [-0.15, -0.1) is 0 Å². The third-order valence-electron chi connectivity index (χ3n) is 5.25. The Hall–Kier alpha value is -4.13. The molecule has 7 heteroatoms. The molecule has 0 saturated heterocycles. The maximum absolute atomic E-state index is 12.1. The highest BCUT2D eigenvalue weighted by molar-refractivity contribution is 5.79. The van der Waals surface area contributed by atoms with Gasteiger partial charge in [0.25, 0.3) is 0 Å². The monoisotopic (exact) mass is 416 g/mol. The van der Waals surface area contributed by atoms with Crippen molar-refractivity contribution in [3.05, 3.63) is 99.6 Å². The van der Waals surface area contributed by atoms with E-state index in [1.54, 1.807) is 12.1 Å². The number of alkyl carbamates (subject to hydrolysis) is 1. The van der Waals surface area contributed by atoms with Crippen LogP contribution in [0.4, 0.5) is 10.5 Å². The van der Waals surface area contributed by atoms with Gasteiger partial charge in [-0.2, -0.15) is 0 Å². The molecule has 0 unspecified atom stereocenters. The molecule has 2 N–H and O–H groups in total. The van der Waals surface area contributed by atoms with Crippen molar-refractivity contribution < 1.29 is 19.6 Å². The predicted molar refractivity (Wildman–Crippen MR) is 117 cm³/mol. The number of benzene rings is 3. The molecule has 1 aliphatic carbocycles. The van der Waals surface area contributed by atoms with Gasteiger partial charge in [0, 0.05) is 24.1 Å². The summed E-state index contributed by atoms with van der Waals surface area (Å²) in [5, 5.41) is 23.4. The lowest BCUT2D eigenvalue weighted by Crippen LogP contribution is -2.26. The summed E-state index contributed by atoms with van der Waals surface area (Å²) in [6.07, 6.45) is 2.53. The van der Waals surface area contributed by atoms with E-state index < -0.39 is 16.8 Å². The second-order valence-electron chi connectivity index (χ2n) is 7.08. The normalized spacial score (nSPS) is 12.4. The van der Waals surface area contributed by atoms with Gasteiger partial charge in [-0.1, -0.05) is 72.8 Å². The van der Waals surface area contributed by atoms with E-state index in [-0.39, 0.29) is 24.8 Å². The zero-order chi connectivity index (χ0) is 21.8. The number of nitro benzene ring substituents is 1. The number of carbonyl (C=O) groups excluding carboxylic acids is 1. The number of fused-ring (bicyclic) bond motifs is 3. The maximum atomic E-state index is 12.1. The number of hydrogen-bond acceptors (Lipinski definition) is 5. The molecule has 0 saturated carbocycles. The highest BCUT2D eigenvalue weighted by atomic mass is 16.6. The maximum Gasteiger partial charge on any atom is 0.407 e. The van der Waals surface area contributed by atoms with Crippen LogP contribution in [-0.2, 0) is 4.74 Å². The first-order valence-electron chi connectivity index (χ1n) is 9.78. The van der Waals surface area contributed by atoms with Crippen molar-refractivity contribution in [3.63, 3.8) is 0 Å². The summed E-state index contributed by atoms with van der Waals surface area (Å²) in [5.41, 5.74) is 4.52. The average Bonchev–Trinajstić information content (AvgIpc) is 3.10. The van der Waals surface area contributed by atoms with Crippen LogP contribution in [0.2, 0.25) is 0 Å². The number of carbonyl (C=O) groups is 1. The summed E-state index contributed by atoms with van der Waals surface area (Å²) in [6, 6.07) is 20.5. The van der Waals surface area contributed by atoms with E-state index in [4.69, 9.17) is 4.74 Å². The van der Waals surface area contributed by atoms with Gasteiger partial charge >= 0.3 is 11.8 Å². The van der Waals surface area contributed by atoms with Crippen molar-refractivity contribution >= 4 is 17.9 Å². The molecule has 4 rings (SSSR count). The van der Waals surface area contributed by atoms with Crippen LogP contribution in [-0.4, -0.2) is 29.3 Å². The van der Waals surface area contributed by atoms with Gasteiger partial charge in [0.05, 0.1) is 4.92 Å². The smallest absolute Gasteiger partial charge is 0.407 e. The van der Waals surface area contributed by atoms with Gasteiger partial charge in [-0.05, 0) is 22.3 Å². The zero-order valence-electron chi connectivity index (χ0n) is 16.5. The Labute approximate surface area is 178 Å². The summed E-state index contributed by atoms with van der Waals surface area (Å²) < 4.78 is 5.44. The van der Waals surface area contributed by atoms with Crippen LogP contribution >= 0.6 is 0 Å². The third kappa shape index (κ3) is 4.11. The lowest BCUT2D eigenvalue weighted by atomic mass is 9.98. The molecule has 0 aromatic heterocycles. The fourth-order valence-corrected chi connectivity index (χ4v) is 3.81. The summed E-state index contributed by atoms with van der Waals surface area (Å²) in [4.78, 5) is 22.4. The number of phenols is 1. The second kappa shape index (κ2) is 8.71. The van der Waals surface area contributed by atoms with E-state index in [0.29, 0.717) is 5.56 Å². The first-order valence-corrected chi connectivity index (χ1v) is 9.78. The van der Waals surface area contributed by atoms with Gasteiger partial charge in [0.1, 0.15) is 6.61 Å². The third-order valence-corrected chi connectivity index (χ3v) is 5.25. The van der Waals surface area contributed by atoms with Crippen molar-refractivity contribution in [1.82, 2.24) is 5.32 Å². The largest absolute Gasteiger partial charge is 0.502 e. The second-order valence-corrected chi connectivity index (χ2v) is 7.08. The highest BCUT2D eigenvalue weighted by Gasteiger charge is 2.28. The topological polar surface area (TPSA) is 102 Å². The van der Waals surface area contributed by atoms with Crippen LogP contribution in [0.1, 0.15) is 22.6 Å². The Balaban J connectivity index is 1.34. The van der Waals surface area contributed by atoms with E-state index in [1.165, 1.54) is 18.2 Å². The molecule has 7 nitrogen and oxygen atoms in total. The Bertz CT molecular complexity index is 1130. The van der Waals surface area contributed by atoms with Crippen molar-refractivity contribution in [2.75, 3.05) is 13.2 Å². The number of hydrogen-bond donors (Lipinski definition) is 2. The molecule has 1 aliphatic rings. The van der Waals surface area contributed by atoms with E-state index in [9.17, 15) is 20.0 Å². The van der Waals surface area contributed by atoms with Crippen molar-refractivity contribution in [1.29, 1.82) is 0 Å². The van der Waals surface area contributed by atoms with Crippen molar-refractivity contribution in [3.8, 4) is 16.9 Å². The Morgan fingerprint density at radius 2 is 1.68 bits per heavy atom. The summed E-state index contributed by atoms with van der Waals surface area (Å²) >= 11 is 0. The van der Waals surface area contributed by atoms with Gasteiger partial charge in [-0.3, -0.25) is 10.1 Å². The minimum absolute atomic E-state index is 0.0180. The summed E-state index contributed by atoms with van der Waals surface area (Å²) in [5.74, 6) is -0.430. The first kappa shape index (κ1) is 20.2. The Kier molecular flexibility index (Phi) is 5.66. The predicted octanol–water partition coefficient (Wildman–Crippen LogP) is 4.85. The molecule has 0 radical (unpaired) electrons. The Morgan fingerprint density at radius 1 is 1.03 bits per heavy atom. The molecule has 0 spiro atoms. The standard InChI is InChI=1S/C24H20N2O5/c27-23-16(7-5-13-22(23)26(29)30)8-6-14-25-24(28)31-15-21-19-11-3-1-9-17(19)18-10-2-4-12-20(18)21/h1-13,21,27H,14-15H2,(H,25,28). The molecule has 0 fully saturated rings. The van der Waals surface area contributed by atoms with Crippen LogP contribution in [0, 0.1) is 10.1 Å². The average molecular weight is 416 g/mol. The van der Waals surface area contributed by atoms with Crippen LogP contribution in [0.5, 0.6) is 5.75 Å². The molecular formula is C24H20N2O5. The number of rotatable bonds is 6. The molecule has 31 heavy (non-hydrogen) atoms. The molecule has 0 aliphatic heterocycles. The van der Waals surface area contributed by atoms with E-state index in [1.807, 2.05) is 24.3 Å². The van der Waals surface area contributed by atoms with Crippen molar-refractivity contribution in [2.45, 2.75) is 5.92 Å². The zero-order valence-corrected chi connectivity index (χ0v) is 16.5. The number of aromatic hydroxyl groups is 1. The molecule has 0 atom stereocenters. The van der Waals surface area contributed by atoms with Gasteiger partial charge in [-0.25, -0.2) is 4.79 Å². The summed E-state index contributed by atoms with van der Waals surface area (Å²) in [6.45, 7) is 0.369. The molecule has 0 heterocycles. The van der Waals surface area contributed by atoms with Crippen LogP contribution in [0.25, 0.3) is 17.2 Å². The quantitative estimate of drug-likeness (QED) is 0.442. The molecule has 3 aromatic carbocycles. The fourth-order valence-electron chi connectivity index (χ4n) is 3.81. The lowest BCUT2D eigenvalue weighted by Gasteiger charge is -2.14. The number of para-hydroxylation sites is 1. The summed E-state index contributed by atoms with van der Waals surface area (Å²) in [7, 11) is 0. The van der Waals surface area contributed by atoms with E-state index in [2.05, 4.69) is 29.6 Å². The molecule has 1 amide bonds. The number of nitrogens with zero attached hydrogens (tertiary/aromatic N) is 1. The first-order chi connectivity index (χ1) is 15.1. The van der Waals surface area contributed by atoms with E-state index in [0.717, 1.165) is 22.3 Å². The minimum atomic E-state index is -0.651. The number of nitrogens with one attached hydrogen (secondary N) is 1. The fraction of sp³-hybridized carbons (Fsp3) is 0.125. The van der Waals surface area contributed by atoms with Gasteiger partial charge < -0.3 is 15.2 Å². The molecule has 3 aromatic rings. The van der Waals surface area contributed by atoms with Crippen LogP contribution in [0.15, 0.2) is 72.8 Å². The minimum Gasteiger partial charge on any atom is -0.502 e. The number of ether oxygens (including phenoxy) is 1. The molecule has 0 bridgehead atoms.